The van der Waals surface area contributed by atoms with Crippen molar-refractivity contribution in [1.29, 1.82) is 0 Å². The van der Waals surface area contributed by atoms with Crippen molar-refractivity contribution in [2.24, 2.45) is 0 Å². The Morgan fingerprint density at radius 2 is 1.68 bits per heavy atom. The average Bonchev–Trinajstić information content (AvgIpc) is 2.99. The zero-order valence-corrected chi connectivity index (χ0v) is 24.9. The molecule has 0 aromatic heterocycles. The lowest BCUT2D eigenvalue weighted by Crippen LogP contribution is -2.53. The van der Waals surface area contributed by atoms with Gasteiger partial charge in [-0.25, -0.2) is 8.42 Å². The third-order valence-corrected chi connectivity index (χ3v) is 9.34. The third-order valence-electron chi connectivity index (χ3n) is 7.31. The highest BCUT2D eigenvalue weighted by atomic mass is 35.5. The van der Waals surface area contributed by atoms with E-state index in [0.29, 0.717) is 10.8 Å². The first-order chi connectivity index (χ1) is 19.7. The molecule has 41 heavy (non-hydrogen) atoms. The number of halogens is 1. The van der Waals surface area contributed by atoms with Crippen molar-refractivity contribution in [3.8, 4) is 5.75 Å². The fraction of sp³-hybridized carbons (Fsp3) is 0.355. The summed E-state index contributed by atoms with van der Waals surface area (Å²) in [4.78, 5) is 28.9. The molecule has 1 aliphatic rings. The number of amides is 2. The number of sulfonamides is 1. The van der Waals surface area contributed by atoms with Gasteiger partial charge in [0.05, 0.1) is 17.7 Å². The Morgan fingerprint density at radius 3 is 2.37 bits per heavy atom. The Morgan fingerprint density at radius 1 is 0.976 bits per heavy atom. The minimum Gasteiger partial charge on any atom is -0.497 e. The zero-order chi connectivity index (χ0) is 29.4. The van der Waals surface area contributed by atoms with Crippen LogP contribution in [0.25, 0.3) is 0 Å². The van der Waals surface area contributed by atoms with Crippen molar-refractivity contribution in [1.82, 2.24) is 10.2 Å². The van der Waals surface area contributed by atoms with Crippen LogP contribution >= 0.6 is 11.6 Å². The molecule has 0 aliphatic heterocycles. The number of anilines is 1. The molecule has 1 N–H and O–H groups in total. The second kappa shape index (κ2) is 13.9. The maximum absolute atomic E-state index is 14.1. The van der Waals surface area contributed by atoms with E-state index in [0.717, 1.165) is 42.0 Å². The Balaban J connectivity index is 1.67. The van der Waals surface area contributed by atoms with Gasteiger partial charge in [0, 0.05) is 17.6 Å². The highest BCUT2D eigenvalue weighted by Gasteiger charge is 2.33. The van der Waals surface area contributed by atoms with Gasteiger partial charge in [0.25, 0.3) is 10.0 Å². The van der Waals surface area contributed by atoms with Crippen molar-refractivity contribution in [3.63, 3.8) is 0 Å². The molecular weight excluding hydrogens is 562 g/mol. The average molecular weight is 598 g/mol. The van der Waals surface area contributed by atoms with E-state index in [1.54, 1.807) is 62.6 Å². The van der Waals surface area contributed by atoms with Crippen molar-refractivity contribution in [2.45, 2.75) is 62.6 Å². The summed E-state index contributed by atoms with van der Waals surface area (Å²) in [5.74, 6) is -0.187. The van der Waals surface area contributed by atoms with Gasteiger partial charge in [-0.3, -0.25) is 13.9 Å². The van der Waals surface area contributed by atoms with Crippen LogP contribution in [0.1, 0.15) is 44.6 Å². The molecule has 4 rings (SSSR count). The number of carbonyl (C=O) groups excluding carboxylic acids is 2. The summed E-state index contributed by atoms with van der Waals surface area (Å²) in [6.07, 6.45) is 5.06. The monoisotopic (exact) mass is 597 g/mol. The summed E-state index contributed by atoms with van der Waals surface area (Å²) < 4.78 is 34.0. The molecule has 0 bridgehead atoms. The molecular formula is C31H36ClN3O5S. The Labute approximate surface area is 247 Å². The molecule has 0 heterocycles. The van der Waals surface area contributed by atoms with Crippen LogP contribution in [0.2, 0.25) is 5.02 Å². The molecule has 0 spiro atoms. The number of hydrogen-bond acceptors (Lipinski definition) is 5. The second-order valence-corrected chi connectivity index (χ2v) is 12.5. The number of carbonyl (C=O) groups is 2. The summed E-state index contributed by atoms with van der Waals surface area (Å²) in [7, 11) is -2.59. The molecule has 0 unspecified atom stereocenters. The maximum atomic E-state index is 14.1. The standard InChI is InChI=1S/C31H36ClN3O5S/c1-23(31(37)33-26-13-5-3-6-14-26)34(21-24-11-9-16-28(19-24)40-2)30(36)22-35(27-15-10-12-25(32)20-27)41(38,39)29-17-7-4-8-18-29/h4,7-12,15-20,23,26H,3,5-6,13-14,21-22H2,1-2H3,(H,33,37)/t23-/m1/s1. The first kappa shape index (κ1) is 30.4. The number of rotatable bonds is 11. The number of nitrogens with zero attached hydrogens (tertiary/aromatic N) is 2. The highest BCUT2D eigenvalue weighted by Crippen LogP contribution is 2.27. The molecule has 3 aromatic rings. The van der Waals surface area contributed by atoms with Crippen molar-refractivity contribution in [2.75, 3.05) is 18.0 Å². The van der Waals surface area contributed by atoms with Gasteiger partial charge in [0.1, 0.15) is 18.3 Å². The predicted molar refractivity (Wildman–Crippen MR) is 160 cm³/mol. The largest absolute Gasteiger partial charge is 0.497 e. The topological polar surface area (TPSA) is 96.0 Å². The normalized spacial score (nSPS) is 14.6. The SMILES string of the molecule is COc1cccc(CN(C(=O)CN(c2cccc(Cl)c2)S(=O)(=O)c2ccccc2)[C@H](C)C(=O)NC2CCCCC2)c1. The molecule has 1 saturated carbocycles. The molecule has 3 aromatic carbocycles. The van der Waals surface area contributed by atoms with Crippen LogP contribution in [0.15, 0.2) is 83.8 Å². The lowest BCUT2D eigenvalue weighted by Gasteiger charge is -2.33. The fourth-order valence-corrected chi connectivity index (χ4v) is 6.61. The van der Waals surface area contributed by atoms with Gasteiger partial charge in [-0.05, 0) is 67.8 Å². The Hall–Kier alpha value is -3.56. The van der Waals surface area contributed by atoms with Crippen LogP contribution in [-0.2, 0) is 26.2 Å². The molecule has 0 radical (unpaired) electrons. The molecule has 0 saturated heterocycles. The number of ether oxygens (including phenoxy) is 1. The first-order valence-corrected chi connectivity index (χ1v) is 15.6. The lowest BCUT2D eigenvalue weighted by atomic mass is 9.95. The van der Waals surface area contributed by atoms with E-state index >= 15 is 0 Å². The van der Waals surface area contributed by atoms with Crippen molar-refractivity contribution < 1.29 is 22.7 Å². The molecule has 10 heteroatoms. The van der Waals surface area contributed by atoms with E-state index in [-0.39, 0.29) is 29.1 Å². The number of nitrogens with one attached hydrogen (secondary N) is 1. The smallest absolute Gasteiger partial charge is 0.264 e. The Kier molecular flexibility index (Phi) is 10.3. The van der Waals surface area contributed by atoms with Crippen LogP contribution in [0.5, 0.6) is 5.75 Å². The number of benzene rings is 3. The molecule has 218 valence electrons. The van der Waals surface area contributed by atoms with Gasteiger partial charge in [-0.1, -0.05) is 67.3 Å². The van der Waals surface area contributed by atoms with E-state index in [9.17, 15) is 18.0 Å². The van der Waals surface area contributed by atoms with Gasteiger partial charge >= 0.3 is 0 Å². The summed E-state index contributed by atoms with van der Waals surface area (Å²) in [6, 6.07) is 20.7. The highest BCUT2D eigenvalue weighted by molar-refractivity contribution is 7.92. The van der Waals surface area contributed by atoms with Crippen LogP contribution in [-0.4, -0.2) is 50.9 Å². The van der Waals surface area contributed by atoms with E-state index < -0.39 is 28.5 Å². The zero-order valence-electron chi connectivity index (χ0n) is 23.3. The first-order valence-electron chi connectivity index (χ1n) is 13.7. The summed E-state index contributed by atoms with van der Waals surface area (Å²) in [6.45, 7) is 1.23. The second-order valence-electron chi connectivity index (χ2n) is 10.2. The van der Waals surface area contributed by atoms with E-state index in [1.165, 1.54) is 23.1 Å². The van der Waals surface area contributed by atoms with E-state index in [4.69, 9.17) is 16.3 Å². The van der Waals surface area contributed by atoms with Crippen LogP contribution in [0.4, 0.5) is 5.69 Å². The summed E-state index contributed by atoms with van der Waals surface area (Å²) >= 11 is 6.22. The fourth-order valence-electron chi connectivity index (χ4n) is 5.00. The van der Waals surface area contributed by atoms with Gasteiger partial charge < -0.3 is 15.0 Å². The molecule has 8 nitrogen and oxygen atoms in total. The third kappa shape index (κ3) is 7.80. The lowest BCUT2D eigenvalue weighted by molar-refractivity contribution is -0.139. The predicted octanol–water partition coefficient (Wildman–Crippen LogP) is 5.41. The van der Waals surface area contributed by atoms with Crippen LogP contribution < -0.4 is 14.4 Å². The quantitative estimate of drug-likeness (QED) is 0.319. The van der Waals surface area contributed by atoms with Gasteiger partial charge in [-0.2, -0.15) is 0 Å². The molecule has 1 atom stereocenters. The molecule has 1 fully saturated rings. The maximum Gasteiger partial charge on any atom is 0.264 e. The summed E-state index contributed by atoms with van der Waals surface area (Å²) in [5, 5.41) is 3.43. The minimum atomic E-state index is -4.14. The summed E-state index contributed by atoms with van der Waals surface area (Å²) in [5.41, 5.74) is 0.991. The van der Waals surface area contributed by atoms with Crippen molar-refractivity contribution >= 4 is 39.1 Å². The molecule has 2 amide bonds. The number of hydrogen-bond donors (Lipinski definition) is 1. The van der Waals surface area contributed by atoms with Crippen LogP contribution in [0, 0.1) is 0 Å². The molecule has 1 aliphatic carbocycles. The van der Waals surface area contributed by atoms with Crippen molar-refractivity contribution in [3.05, 3.63) is 89.4 Å². The Bertz CT molecular complexity index is 1440. The van der Waals surface area contributed by atoms with Gasteiger partial charge in [-0.15, -0.1) is 0 Å². The van der Waals surface area contributed by atoms with Crippen LogP contribution in [0.3, 0.4) is 0 Å². The van der Waals surface area contributed by atoms with Gasteiger partial charge in [0.2, 0.25) is 11.8 Å². The van der Waals surface area contributed by atoms with E-state index in [1.807, 2.05) is 12.1 Å². The number of methoxy groups -OCH3 is 1. The van der Waals surface area contributed by atoms with E-state index in [2.05, 4.69) is 5.32 Å². The minimum absolute atomic E-state index is 0.0372. The van der Waals surface area contributed by atoms with Gasteiger partial charge in [0.15, 0.2) is 0 Å².